The van der Waals surface area contributed by atoms with Gasteiger partial charge in [-0.15, -0.1) is 0 Å². The van der Waals surface area contributed by atoms with Crippen molar-refractivity contribution in [3.63, 3.8) is 0 Å². The summed E-state index contributed by atoms with van der Waals surface area (Å²) in [5.41, 5.74) is 0. The van der Waals surface area contributed by atoms with E-state index >= 15 is 0 Å². The van der Waals surface area contributed by atoms with Crippen LogP contribution < -0.4 is 0 Å². The van der Waals surface area contributed by atoms with Crippen LogP contribution >= 0.6 is 0 Å². The van der Waals surface area contributed by atoms with Crippen LogP contribution in [0.5, 0.6) is 0 Å². The third-order valence-corrected chi connectivity index (χ3v) is 3.19. The predicted octanol–water partition coefficient (Wildman–Crippen LogP) is -0.0454. The molecule has 0 bridgehead atoms. The number of hydrazone groups is 1. The Morgan fingerprint density at radius 1 is 1.63 bits per heavy atom. The number of amides is 1. The molecule has 2 aliphatic heterocycles. The SMILES string of the molecule is COC(=O)N1CCN(CC2CCOC2)C1=N[N+](=O)[O-]. The van der Waals surface area contributed by atoms with E-state index in [1.165, 1.54) is 12.0 Å². The van der Waals surface area contributed by atoms with Crippen molar-refractivity contribution in [3.05, 3.63) is 10.1 Å². The number of rotatable bonds is 3. The lowest BCUT2D eigenvalue weighted by Gasteiger charge is -2.21. The molecule has 0 aromatic heterocycles. The fourth-order valence-electron chi connectivity index (χ4n) is 2.28. The Balaban J connectivity index is 2.09. The van der Waals surface area contributed by atoms with Crippen LogP contribution in [-0.2, 0) is 9.47 Å². The number of ether oxygens (including phenoxy) is 2. The van der Waals surface area contributed by atoms with E-state index in [-0.39, 0.29) is 5.96 Å². The molecule has 2 fully saturated rings. The first kappa shape index (κ1) is 13.5. The molecule has 0 aromatic rings. The van der Waals surface area contributed by atoms with Crippen LogP contribution in [0.2, 0.25) is 0 Å². The van der Waals surface area contributed by atoms with Crippen molar-refractivity contribution in [3.8, 4) is 0 Å². The molecule has 9 heteroatoms. The van der Waals surface area contributed by atoms with Crippen LogP contribution in [0, 0.1) is 16.0 Å². The Morgan fingerprint density at radius 3 is 3.00 bits per heavy atom. The van der Waals surface area contributed by atoms with Gasteiger partial charge in [-0.1, -0.05) is 0 Å². The molecule has 2 heterocycles. The van der Waals surface area contributed by atoms with Crippen LogP contribution in [0.1, 0.15) is 6.42 Å². The number of carbonyl (C=O) groups is 1. The molecule has 0 saturated carbocycles. The number of nitrogens with zero attached hydrogens (tertiary/aromatic N) is 4. The van der Waals surface area contributed by atoms with Gasteiger partial charge in [0.2, 0.25) is 0 Å². The number of hydrogen-bond donors (Lipinski definition) is 0. The molecule has 1 amide bonds. The van der Waals surface area contributed by atoms with Crippen molar-refractivity contribution in [2.75, 3.05) is 40.0 Å². The van der Waals surface area contributed by atoms with Gasteiger partial charge < -0.3 is 14.4 Å². The highest BCUT2D eigenvalue weighted by Crippen LogP contribution is 2.18. The fourth-order valence-corrected chi connectivity index (χ4v) is 2.28. The van der Waals surface area contributed by atoms with Crippen molar-refractivity contribution >= 4 is 12.1 Å². The molecule has 9 nitrogen and oxygen atoms in total. The zero-order chi connectivity index (χ0) is 13.8. The minimum absolute atomic E-state index is 0.0451. The maximum absolute atomic E-state index is 11.5. The first-order valence-corrected chi connectivity index (χ1v) is 6.03. The zero-order valence-corrected chi connectivity index (χ0v) is 10.7. The number of hydrogen-bond acceptors (Lipinski definition) is 5. The molecule has 0 aliphatic carbocycles. The standard InChI is InChI=1S/C10H16N4O5/c1-18-10(15)13-4-3-12(9(13)11-14(16)17)6-8-2-5-19-7-8/h8H,2-7H2,1H3. The van der Waals surface area contributed by atoms with Crippen LogP contribution in [0.4, 0.5) is 4.79 Å². The van der Waals surface area contributed by atoms with Gasteiger partial charge in [0.05, 0.1) is 20.3 Å². The first-order valence-electron chi connectivity index (χ1n) is 6.03. The van der Waals surface area contributed by atoms with E-state index in [0.717, 1.165) is 6.42 Å². The van der Waals surface area contributed by atoms with Crippen molar-refractivity contribution in [2.45, 2.75) is 6.42 Å². The van der Waals surface area contributed by atoms with Gasteiger partial charge in [-0.05, 0) is 6.42 Å². The van der Waals surface area contributed by atoms with E-state index in [9.17, 15) is 14.9 Å². The lowest BCUT2D eigenvalue weighted by atomic mass is 10.1. The zero-order valence-electron chi connectivity index (χ0n) is 10.7. The summed E-state index contributed by atoms with van der Waals surface area (Å²) in [6.45, 7) is 2.80. The van der Waals surface area contributed by atoms with E-state index in [4.69, 9.17) is 4.74 Å². The van der Waals surface area contributed by atoms with E-state index in [1.807, 2.05) is 0 Å². The summed E-state index contributed by atoms with van der Waals surface area (Å²) in [6, 6.07) is 0. The number of nitro groups is 1. The average molecular weight is 272 g/mol. The van der Waals surface area contributed by atoms with E-state index in [0.29, 0.717) is 38.8 Å². The van der Waals surface area contributed by atoms with Crippen molar-refractivity contribution in [1.29, 1.82) is 0 Å². The molecule has 0 spiro atoms. The second kappa shape index (κ2) is 5.83. The van der Waals surface area contributed by atoms with Gasteiger partial charge in [0.15, 0.2) is 5.03 Å². The molecule has 19 heavy (non-hydrogen) atoms. The summed E-state index contributed by atoms with van der Waals surface area (Å²) in [4.78, 5) is 25.0. The third kappa shape index (κ3) is 3.11. The van der Waals surface area contributed by atoms with Gasteiger partial charge in [-0.25, -0.2) is 19.8 Å². The Hall–Kier alpha value is -1.90. The number of methoxy groups -OCH3 is 1. The highest BCUT2D eigenvalue weighted by atomic mass is 16.7. The molecular weight excluding hydrogens is 256 g/mol. The fraction of sp³-hybridized carbons (Fsp3) is 0.800. The molecule has 0 aromatic carbocycles. The molecule has 1 atom stereocenters. The Bertz CT molecular complexity index is 393. The largest absolute Gasteiger partial charge is 0.452 e. The van der Waals surface area contributed by atoms with Crippen LogP contribution in [0.3, 0.4) is 0 Å². The highest BCUT2D eigenvalue weighted by molar-refractivity contribution is 5.95. The summed E-state index contributed by atoms with van der Waals surface area (Å²) < 4.78 is 9.87. The third-order valence-electron chi connectivity index (χ3n) is 3.19. The highest BCUT2D eigenvalue weighted by Gasteiger charge is 2.36. The smallest absolute Gasteiger partial charge is 0.416 e. The monoisotopic (exact) mass is 272 g/mol. The van der Waals surface area contributed by atoms with Gasteiger partial charge in [-0.2, -0.15) is 0 Å². The van der Waals surface area contributed by atoms with Crippen molar-refractivity contribution in [1.82, 2.24) is 9.80 Å². The van der Waals surface area contributed by atoms with E-state index in [2.05, 4.69) is 9.84 Å². The average Bonchev–Trinajstić information content (AvgIpc) is 3.00. The van der Waals surface area contributed by atoms with Crippen LogP contribution in [-0.4, -0.2) is 66.8 Å². The van der Waals surface area contributed by atoms with Gasteiger partial charge in [0, 0.05) is 25.6 Å². The molecule has 2 aliphatic rings. The van der Waals surface area contributed by atoms with Crippen molar-refractivity contribution < 1.29 is 19.3 Å². The lowest BCUT2D eigenvalue weighted by molar-refractivity contribution is -0.486. The molecule has 1 unspecified atom stereocenters. The lowest BCUT2D eigenvalue weighted by Crippen LogP contribution is -2.40. The maximum atomic E-state index is 11.5. The topological polar surface area (TPSA) is 97.5 Å². The Kier molecular flexibility index (Phi) is 4.15. The molecule has 0 N–H and O–H groups in total. The number of guanidine groups is 1. The minimum Gasteiger partial charge on any atom is -0.452 e. The summed E-state index contributed by atoms with van der Waals surface area (Å²) in [5, 5.41) is 13.1. The van der Waals surface area contributed by atoms with Crippen LogP contribution in [0.15, 0.2) is 5.10 Å². The summed E-state index contributed by atoms with van der Waals surface area (Å²) >= 11 is 0. The van der Waals surface area contributed by atoms with Gasteiger partial charge in [0.25, 0.3) is 5.96 Å². The molecule has 2 rings (SSSR count). The van der Waals surface area contributed by atoms with Gasteiger partial charge in [-0.3, -0.25) is 0 Å². The summed E-state index contributed by atoms with van der Waals surface area (Å²) in [6.07, 6.45) is 0.284. The predicted molar refractivity (Wildman–Crippen MR) is 64.0 cm³/mol. The van der Waals surface area contributed by atoms with E-state index in [1.54, 1.807) is 4.90 Å². The maximum Gasteiger partial charge on any atom is 0.416 e. The Morgan fingerprint density at radius 2 is 2.42 bits per heavy atom. The quantitative estimate of drug-likeness (QED) is 0.528. The second-order valence-corrected chi connectivity index (χ2v) is 4.44. The summed E-state index contributed by atoms with van der Waals surface area (Å²) in [7, 11) is 1.24. The van der Waals surface area contributed by atoms with Gasteiger partial charge in [0.1, 0.15) is 5.10 Å². The second-order valence-electron chi connectivity index (χ2n) is 4.44. The summed E-state index contributed by atoms with van der Waals surface area (Å²) in [5.74, 6) is 0.360. The van der Waals surface area contributed by atoms with Gasteiger partial charge >= 0.3 is 6.09 Å². The molecule has 0 radical (unpaired) electrons. The normalized spacial score (nSPS) is 25.1. The number of carbonyl (C=O) groups excluding carboxylic acids is 1. The van der Waals surface area contributed by atoms with E-state index < -0.39 is 11.1 Å². The minimum atomic E-state index is -0.797. The van der Waals surface area contributed by atoms with Crippen molar-refractivity contribution in [2.24, 2.45) is 11.0 Å². The molecular formula is C10H16N4O5. The molecule has 106 valence electrons. The Labute approximate surface area is 109 Å². The molecule has 2 saturated heterocycles. The van der Waals surface area contributed by atoms with Crippen LogP contribution in [0.25, 0.3) is 0 Å². The first-order chi connectivity index (χ1) is 9.11.